The number of rotatable bonds is 3. The molecular weight excluding hydrogens is 380 g/mol. The monoisotopic (exact) mass is 386 g/mol. The molecular formula is C13H7BrO5S2. The maximum Gasteiger partial charge on any atom is 0.396 e. The van der Waals surface area contributed by atoms with Crippen molar-refractivity contribution in [2.24, 2.45) is 0 Å². The number of benzene rings is 2. The zero-order valence-electron chi connectivity index (χ0n) is 10.3. The Hall–Kier alpha value is -1.64. The van der Waals surface area contributed by atoms with Crippen LogP contribution in [0.5, 0.6) is 5.75 Å². The summed E-state index contributed by atoms with van der Waals surface area (Å²) in [7, 11) is -3.92. The Kier molecular flexibility index (Phi) is 3.60. The van der Waals surface area contributed by atoms with Crippen molar-refractivity contribution in [2.75, 3.05) is 0 Å². The van der Waals surface area contributed by atoms with Crippen LogP contribution in [-0.4, -0.2) is 8.42 Å². The maximum atomic E-state index is 12.1. The molecule has 0 aliphatic heterocycles. The van der Waals surface area contributed by atoms with E-state index in [4.69, 9.17) is 8.60 Å². The summed E-state index contributed by atoms with van der Waals surface area (Å²) in [6, 6.07) is 10.5. The van der Waals surface area contributed by atoms with Crippen molar-refractivity contribution < 1.29 is 17.0 Å². The quantitative estimate of drug-likeness (QED) is 0.645. The minimum Gasteiger partial charge on any atom is -0.414 e. The molecule has 0 aliphatic rings. The lowest BCUT2D eigenvalue weighted by molar-refractivity contribution is 0.486. The van der Waals surface area contributed by atoms with Crippen LogP contribution >= 0.6 is 27.3 Å². The highest BCUT2D eigenvalue weighted by atomic mass is 79.9. The van der Waals surface area contributed by atoms with E-state index in [0.717, 1.165) is 15.8 Å². The standard InChI is InChI=1S/C13H7BrO5S2/c14-8-1-4-10(5-2-8)21(16,17)19-9-3-6-11-12(7-9)20-13(15)18-11/h1-7H. The van der Waals surface area contributed by atoms with E-state index < -0.39 is 15.1 Å². The van der Waals surface area contributed by atoms with Gasteiger partial charge in [0.2, 0.25) is 0 Å². The molecule has 8 heteroatoms. The first-order valence-corrected chi connectivity index (χ1v) is 8.69. The van der Waals surface area contributed by atoms with E-state index in [1.807, 2.05) is 0 Å². The van der Waals surface area contributed by atoms with Crippen LogP contribution in [0.2, 0.25) is 0 Å². The van der Waals surface area contributed by atoms with Gasteiger partial charge in [-0.05, 0) is 36.4 Å². The molecule has 0 amide bonds. The second-order valence-corrected chi connectivity index (χ2v) is 7.49. The largest absolute Gasteiger partial charge is 0.414 e. The number of hydrogen-bond acceptors (Lipinski definition) is 6. The zero-order chi connectivity index (χ0) is 15.0. The summed E-state index contributed by atoms with van der Waals surface area (Å²) >= 11 is 4.12. The van der Waals surface area contributed by atoms with E-state index in [1.165, 1.54) is 30.3 Å². The zero-order valence-corrected chi connectivity index (χ0v) is 13.5. The predicted molar refractivity (Wildman–Crippen MR) is 82.3 cm³/mol. The first-order chi connectivity index (χ1) is 9.94. The van der Waals surface area contributed by atoms with E-state index >= 15 is 0 Å². The maximum absolute atomic E-state index is 12.1. The fraction of sp³-hybridized carbons (Fsp3) is 0. The molecule has 0 bridgehead atoms. The third-order valence-corrected chi connectivity index (χ3v) is 5.19. The van der Waals surface area contributed by atoms with Gasteiger partial charge in [-0.2, -0.15) is 8.42 Å². The second kappa shape index (κ2) is 5.28. The van der Waals surface area contributed by atoms with Crippen LogP contribution in [0.15, 0.2) is 61.0 Å². The van der Waals surface area contributed by atoms with Crippen LogP contribution in [-0.2, 0) is 10.1 Å². The lowest BCUT2D eigenvalue weighted by atomic mass is 10.3. The number of hydrogen-bond donors (Lipinski definition) is 0. The highest BCUT2D eigenvalue weighted by Crippen LogP contribution is 2.26. The molecule has 0 fully saturated rings. The third-order valence-electron chi connectivity index (χ3n) is 2.61. The SMILES string of the molecule is O=c1oc2ccc(OS(=O)(=O)c3ccc(Br)cc3)cc2s1. The van der Waals surface area contributed by atoms with Crippen molar-refractivity contribution in [2.45, 2.75) is 4.90 Å². The summed E-state index contributed by atoms with van der Waals surface area (Å²) in [4.78, 5) is 10.7. The van der Waals surface area contributed by atoms with Crippen LogP contribution in [0, 0.1) is 0 Å². The Labute approximate surface area is 132 Å². The van der Waals surface area contributed by atoms with Gasteiger partial charge in [0, 0.05) is 10.5 Å². The molecule has 0 aliphatic carbocycles. The van der Waals surface area contributed by atoms with E-state index in [0.29, 0.717) is 10.3 Å². The van der Waals surface area contributed by atoms with Crippen LogP contribution < -0.4 is 9.12 Å². The van der Waals surface area contributed by atoms with E-state index in [-0.39, 0.29) is 10.6 Å². The third kappa shape index (κ3) is 3.02. The van der Waals surface area contributed by atoms with Gasteiger partial charge in [-0.3, -0.25) is 0 Å². The summed E-state index contributed by atoms with van der Waals surface area (Å²) in [5.41, 5.74) is 0.401. The Morgan fingerprint density at radius 1 is 1.10 bits per heavy atom. The van der Waals surface area contributed by atoms with Crippen molar-refractivity contribution in [1.82, 2.24) is 0 Å². The average Bonchev–Trinajstić information content (AvgIpc) is 2.78. The first kappa shape index (κ1) is 14.3. The molecule has 2 aromatic carbocycles. The lowest BCUT2D eigenvalue weighted by Crippen LogP contribution is -2.09. The van der Waals surface area contributed by atoms with Crippen molar-refractivity contribution in [3.8, 4) is 5.75 Å². The van der Waals surface area contributed by atoms with Crippen LogP contribution in [0.4, 0.5) is 0 Å². The van der Waals surface area contributed by atoms with Gasteiger partial charge in [-0.25, -0.2) is 4.79 Å². The normalized spacial score (nSPS) is 11.7. The van der Waals surface area contributed by atoms with Gasteiger partial charge in [0.25, 0.3) is 0 Å². The molecule has 0 spiro atoms. The summed E-state index contributed by atoms with van der Waals surface area (Å²) in [5, 5.41) is 0. The molecule has 0 radical (unpaired) electrons. The Bertz CT molecular complexity index is 954. The minimum atomic E-state index is -3.92. The molecule has 0 atom stereocenters. The molecule has 1 aromatic heterocycles. The van der Waals surface area contributed by atoms with E-state index in [1.54, 1.807) is 12.1 Å². The molecule has 3 aromatic rings. The van der Waals surface area contributed by atoms with Gasteiger partial charge >= 0.3 is 15.1 Å². The van der Waals surface area contributed by atoms with Gasteiger partial charge < -0.3 is 8.60 Å². The predicted octanol–water partition coefficient (Wildman–Crippen LogP) is 3.38. The highest BCUT2D eigenvalue weighted by molar-refractivity contribution is 9.10. The Morgan fingerprint density at radius 3 is 2.52 bits per heavy atom. The van der Waals surface area contributed by atoms with Gasteiger partial charge in [-0.1, -0.05) is 27.3 Å². The fourth-order valence-electron chi connectivity index (χ4n) is 1.68. The molecule has 0 N–H and O–H groups in total. The van der Waals surface area contributed by atoms with Crippen molar-refractivity contribution in [3.05, 3.63) is 56.7 Å². The van der Waals surface area contributed by atoms with Gasteiger partial charge in [0.1, 0.15) is 16.2 Å². The summed E-state index contributed by atoms with van der Waals surface area (Å²) in [6.45, 7) is 0. The highest BCUT2D eigenvalue weighted by Gasteiger charge is 2.17. The molecule has 0 saturated carbocycles. The van der Waals surface area contributed by atoms with Crippen LogP contribution in [0.3, 0.4) is 0 Å². The van der Waals surface area contributed by atoms with Gasteiger partial charge in [0.05, 0.1) is 4.70 Å². The van der Waals surface area contributed by atoms with Crippen LogP contribution in [0.25, 0.3) is 10.3 Å². The van der Waals surface area contributed by atoms with Crippen molar-refractivity contribution in [3.63, 3.8) is 0 Å². The average molecular weight is 387 g/mol. The molecule has 0 saturated heterocycles. The fourth-order valence-corrected chi connectivity index (χ4v) is 3.56. The van der Waals surface area contributed by atoms with Gasteiger partial charge in [0.15, 0.2) is 0 Å². The Balaban J connectivity index is 1.96. The van der Waals surface area contributed by atoms with Crippen molar-refractivity contribution in [1.29, 1.82) is 0 Å². The second-order valence-electron chi connectivity index (χ2n) is 4.05. The molecule has 21 heavy (non-hydrogen) atoms. The lowest BCUT2D eigenvalue weighted by Gasteiger charge is -2.06. The number of fused-ring (bicyclic) bond motifs is 1. The smallest absolute Gasteiger partial charge is 0.396 e. The summed E-state index contributed by atoms with van der Waals surface area (Å²) < 4.78 is 35.5. The molecule has 3 rings (SSSR count). The molecule has 0 unspecified atom stereocenters. The minimum absolute atomic E-state index is 0.0474. The van der Waals surface area contributed by atoms with Crippen LogP contribution in [0.1, 0.15) is 0 Å². The summed E-state index contributed by atoms with van der Waals surface area (Å²) in [5.74, 6) is 0.127. The van der Waals surface area contributed by atoms with Crippen molar-refractivity contribution >= 4 is 47.7 Å². The van der Waals surface area contributed by atoms with E-state index in [2.05, 4.69) is 15.9 Å². The molecule has 108 valence electrons. The first-order valence-electron chi connectivity index (χ1n) is 5.68. The van der Waals surface area contributed by atoms with E-state index in [9.17, 15) is 13.2 Å². The topological polar surface area (TPSA) is 73.6 Å². The molecule has 1 heterocycles. The summed E-state index contributed by atoms with van der Waals surface area (Å²) in [6.07, 6.45) is 0. The Morgan fingerprint density at radius 2 is 1.81 bits per heavy atom. The molecule has 5 nitrogen and oxygen atoms in total. The number of halogens is 1. The van der Waals surface area contributed by atoms with Gasteiger partial charge in [-0.15, -0.1) is 0 Å².